The van der Waals surface area contributed by atoms with Gasteiger partial charge in [0.1, 0.15) is 18.1 Å². The highest BCUT2D eigenvalue weighted by molar-refractivity contribution is 6.31. The van der Waals surface area contributed by atoms with E-state index in [2.05, 4.69) is 10.3 Å². The number of nitrogens with zero attached hydrogens (tertiary/aromatic N) is 1. The van der Waals surface area contributed by atoms with Crippen molar-refractivity contribution in [2.45, 2.75) is 19.6 Å². The molecule has 10 heteroatoms. The Hall–Kier alpha value is -3.53. The van der Waals surface area contributed by atoms with Crippen LogP contribution in [0.5, 0.6) is 11.5 Å². The molecule has 190 valence electrons. The van der Waals surface area contributed by atoms with Crippen LogP contribution < -0.4 is 14.8 Å². The summed E-state index contributed by atoms with van der Waals surface area (Å²) in [6, 6.07) is 11.9. The fourth-order valence-electron chi connectivity index (χ4n) is 3.30. The van der Waals surface area contributed by atoms with Gasteiger partial charge in [0.15, 0.2) is 17.3 Å². The van der Waals surface area contributed by atoms with E-state index < -0.39 is 23.6 Å². The first kappa shape index (κ1) is 27.1. The molecule has 1 heterocycles. The molecule has 0 saturated carbocycles. The molecule has 2 aromatic carbocycles. The number of nitrogens with one attached hydrogen (secondary N) is 1. The Kier molecular flexibility index (Phi) is 9.35. The van der Waals surface area contributed by atoms with Crippen molar-refractivity contribution in [3.8, 4) is 22.8 Å². The van der Waals surface area contributed by atoms with Crippen molar-refractivity contribution in [1.29, 1.82) is 0 Å². The van der Waals surface area contributed by atoms with Crippen LogP contribution in [0.25, 0.3) is 11.3 Å². The maximum atomic E-state index is 13.6. The number of benzene rings is 2. The maximum Gasteiger partial charge on any atom is 0.251 e. The van der Waals surface area contributed by atoms with Gasteiger partial charge in [0.2, 0.25) is 0 Å². The first-order valence-corrected chi connectivity index (χ1v) is 11.4. The molecule has 2 N–H and O–H groups in total. The molecule has 3 rings (SSSR count). The fourth-order valence-corrected chi connectivity index (χ4v) is 3.48. The summed E-state index contributed by atoms with van der Waals surface area (Å²) in [6.45, 7) is 1.57. The van der Waals surface area contributed by atoms with Gasteiger partial charge < -0.3 is 24.6 Å². The van der Waals surface area contributed by atoms with Crippen LogP contribution in [0.4, 0.5) is 4.39 Å². The van der Waals surface area contributed by atoms with Gasteiger partial charge in [-0.1, -0.05) is 17.7 Å². The summed E-state index contributed by atoms with van der Waals surface area (Å²) in [6.07, 6.45) is -0.665. The highest BCUT2D eigenvalue weighted by atomic mass is 35.5. The Labute approximate surface area is 213 Å². The lowest BCUT2D eigenvalue weighted by atomic mass is 10.0. The highest BCUT2D eigenvalue weighted by Crippen LogP contribution is 2.29. The largest absolute Gasteiger partial charge is 0.493 e. The standard InChI is InChI=1S/C26H26ClFN2O6/c1-15(31)13-36-23-9-6-17(11-24(23)35-3)26(33)29-12-22(32)21-8-5-18(14-34-2)25(30-21)16-4-7-20(28)19(27)10-16/h4-11,15,31H,12-14H2,1-3H3,(H,29,33)/t15-/m0/s1. The minimum absolute atomic E-state index is 0.0681. The first-order chi connectivity index (χ1) is 17.2. The Bertz CT molecular complexity index is 1250. The molecule has 0 aliphatic rings. The van der Waals surface area contributed by atoms with Crippen molar-refractivity contribution < 1.29 is 33.3 Å². The van der Waals surface area contributed by atoms with Crippen LogP contribution in [-0.2, 0) is 11.3 Å². The lowest BCUT2D eigenvalue weighted by Gasteiger charge is -2.13. The first-order valence-electron chi connectivity index (χ1n) is 11.0. The van der Waals surface area contributed by atoms with Gasteiger partial charge in [-0.3, -0.25) is 9.59 Å². The zero-order valence-electron chi connectivity index (χ0n) is 20.0. The van der Waals surface area contributed by atoms with Crippen molar-refractivity contribution >= 4 is 23.3 Å². The third-order valence-electron chi connectivity index (χ3n) is 5.07. The Morgan fingerprint density at radius 2 is 1.89 bits per heavy atom. The van der Waals surface area contributed by atoms with Crippen LogP contribution >= 0.6 is 11.6 Å². The van der Waals surface area contributed by atoms with Gasteiger partial charge in [0.25, 0.3) is 5.91 Å². The Morgan fingerprint density at radius 1 is 1.11 bits per heavy atom. The molecule has 0 radical (unpaired) electrons. The number of halogens is 2. The highest BCUT2D eigenvalue weighted by Gasteiger charge is 2.17. The van der Waals surface area contributed by atoms with Crippen molar-refractivity contribution in [3.05, 3.63) is 76.2 Å². The van der Waals surface area contributed by atoms with E-state index in [1.807, 2.05) is 0 Å². The number of carbonyl (C=O) groups excluding carboxylic acids is 2. The minimum Gasteiger partial charge on any atom is -0.493 e. The van der Waals surface area contributed by atoms with E-state index in [4.69, 9.17) is 25.8 Å². The van der Waals surface area contributed by atoms with Gasteiger partial charge in [-0.25, -0.2) is 9.37 Å². The fraction of sp³-hybridized carbons (Fsp3) is 0.269. The van der Waals surface area contributed by atoms with E-state index in [1.54, 1.807) is 19.1 Å². The zero-order valence-corrected chi connectivity index (χ0v) is 20.8. The molecular formula is C26H26ClFN2O6. The van der Waals surface area contributed by atoms with E-state index in [0.29, 0.717) is 28.3 Å². The molecule has 3 aromatic rings. The van der Waals surface area contributed by atoms with Crippen LogP contribution in [0.15, 0.2) is 48.5 Å². The number of ether oxygens (including phenoxy) is 3. The van der Waals surface area contributed by atoms with Crippen LogP contribution in [0.3, 0.4) is 0 Å². The van der Waals surface area contributed by atoms with E-state index in [1.165, 1.54) is 50.6 Å². The van der Waals surface area contributed by atoms with E-state index in [-0.39, 0.29) is 36.0 Å². The number of aromatic nitrogens is 1. The molecule has 1 amide bonds. The monoisotopic (exact) mass is 516 g/mol. The molecule has 0 saturated heterocycles. The average molecular weight is 517 g/mol. The van der Waals surface area contributed by atoms with Gasteiger partial charge in [-0.15, -0.1) is 0 Å². The normalized spacial score (nSPS) is 11.6. The number of Topliss-reactive ketones (excluding diaryl/α,β-unsaturated/α-hetero) is 1. The van der Waals surface area contributed by atoms with Crippen LogP contribution in [0, 0.1) is 5.82 Å². The summed E-state index contributed by atoms with van der Waals surface area (Å²) in [5.41, 5.74) is 2.01. The summed E-state index contributed by atoms with van der Waals surface area (Å²) in [4.78, 5) is 29.9. The molecule has 1 aromatic heterocycles. The number of hydrogen-bond acceptors (Lipinski definition) is 7. The van der Waals surface area contributed by atoms with Crippen molar-refractivity contribution in [2.75, 3.05) is 27.4 Å². The third-order valence-corrected chi connectivity index (χ3v) is 5.36. The van der Waals surface area contributed by atoms with Crippen LogP contribution in [-0.4, -0.2) is 55.3 Å². The second kappa shape index (κ2) is 12.4. The molecule has 0 aliphatic heterocycles. The topological polar surface area (TPSA) is 107 Å². The van der Waals surface area contributed by atoms with Gasteiger partial charge in [-0.2, -0.15) is 0 Å². The molecule has 36 heavy (non-hydrogen) atoms. The number of aliphatic hydroxyl groups excluding tert-OH is 1. The number of carbonyl (C=O) groups is 2. The second-order valence-electron chi connectivity index (χ2n) is 7.90. The van der Waals surface area contributed by atoms with Gasteiger partial charge in [0, 0.05) is 23.8 Å². The molecule has 0 spiro atoms. The van der Waals surface area contributed by atoms with Crippen molar-refractivity contribution in [2.24, 2.45) is 0 Å². The second-order valence-corrected chi connectivity index (χ2v) is 8.30. The number of hydrogen-bond donors (Lipinski definition) is 2. The SMILES string of the molecule is COCc1ccc(C(=O)CNC(=O)c2ccc(OC[C@H](C)O)c(OC)c2)nc1-c1ccc(F)c(Cl)c1. The van der Waals surface area contributed by atoms with Crippen LogP contribution in [0.1, 0.15) is 33.3 Å². The summed E-state index contributed by atoms with van der Waals surface area (Å²) in [5, 5.41) is 11.9. The summed E-state index contributed by atoms with van der Waals surface area (Å²) in [5.74, 6) is -0.800. The lowest BCUT2D eigenvalue weighted by Crippen LogP contribution is -2.30. The quantitative estimate of drug-likeness (QED) is 0.370. The molecule has 0 unspecified atom stereocenters. The van der Waals surface area contributed by atoms with Crippen molar-refractivity contribution in [3.63, 3.8) is 0 Å². The van der Waals surface area contributed by atoms with E-state index in [0.717, 1.165) is 0 Å². The average Bonchev–Trinajstić information content (AvgIpc) is 2.87. The smallest absolute Gasteiger partial charge is 0.251 e. The molecule has 1 atom stereocenters. The third kappa shape index (κ3) is 6.78. The lowest BCUT2D eigenvalue weighted by molar-refractivity contribution is 0.0901. The summed E-state index contributed by atoms with van der Waals surface area (Å²) in [7, 11) is 2.96. The maximum absolute atomic E-state index is 13.6. The number of ketones is 1. The number of amides is 1. The summed E-state index contributed by atoms with van der Waals surface area (Å²) >= 11 is 5.92. The van der Waals surface area contributed by atoms with Gasteiger partial charge in [0.05, 0.1) is 37.1 Å². The number of aliphatic hydroxyl groups is 1. The molecule has 8 nitrogen and oxygen atoms in total. The van der Waals surface area contributed by atoms with Gasteiger partial charge >= 0.3 is 0 Å². The van der Waals surface area contributed by atoms with E-state index >= 15 is 0 Å². The van der Waals surface area contributed by atoms with E-state index in [9.17, 15) is 19.1 Å². The predicted octanol–water partition coefficient (Wildman–Crippen LogP) is 4.07. The van der Waals surface area contributed by atoms with Gasteiger partial charge in [-0.05, 0) is 49.4 Å². The Morgan fingerprint density at radius 3 is 2.56 bits per heavy atom. The number of methoxy groups -OCH3 is 2. The molecular weight excluding hydrogens is 491 g/mol. The zero-order chi connectivity index (χ0) is 26.2. The Balaban J connectivity index is 1.75. The number of pyridine rings is 1. The minimum atomic E-state index is -0.665. The van der Waals surface area contributed by atoms with Crippen molar-refractivity contribution in [1.82, 2.24) is 10.3 Å². The molecule has 0 bridgehead atoms. The summed E-state index contributed by atoms with van der Waals surface area (Å²) < 4.78 is 29.6. The number of rotatable bonds is 11. The van der Waals surface area contributed by atoms with Crippen LogP contribution in [0.2, 0.25) is 5.02 Å². The predicted molar refractivity (Wildman–Crippen MR) is 132 cm³/mol. The molecule has 0 aliphatic carbocycles. The molecule has 0 fully saturated rings.